The Morgan fingerprint density at radius 3 is 2.50 bits per heavy atom. The van der Waals surface area contributed by atoms with Gasteiger partial charge in [0, 0.05) is 12.7 Å². The molecule has 24 heavy (non-hydrogen) atoms. The summed E-state index contributed by atoms with van der Waals surface area (Å²) in [6.45, 7) is 0. The first-order chi connectivity index (χ1) is 11.0. The van der Waals surface area contributed by atoms with Gasteiger partial charge in [0.25, 0.3) is 11.5 Å². The van der Waals surface area contributed by atoms with E-state index in [2.05, 4.69) is 5.32 Å². The molecule has 1 heterocycles. The van der Waals surface area contributed by atoms with Crippen molar-refractivity contribution in [2.45, 2.75) is 0 Å². The van der Waals surface area contributed by atoms with Crippen molar-refractivity contribution in [3.63, 3.8) is 0 Å². The first-order valence-electron chi connectivity index (χ1n) is 6.87. The van der Waals surface area contributed by atoms with Crippen LogP contribution in [0.2, 0.25) is 5.02 Å². The minimum Gasteiger partial charge on any atom is -1.00 e. The van der Waals surface area contributed by atoms with Gasteiger partial charge in [0.1, 0.15) is 11.3 Å². The number of carbonyl (C=O) groups is 1. The van der Waals surface area contributed by atoms with Gasteiger partial charge in [0.15, 0.2) is 0 Å². The Labute approximate surface area is 156 Å². The van der Waals surface area contributed by atoms with Crippen molar-refractivity contribution in [3.05, 3.63) is 69.5 Å². The van der Waals surface area contributed by atoms with Crippen LogP contribution in [0.15, 0.2) is 53.3 Å². The van der Waals surface area contributed by atoms with E-state index in [-0.39, 0.29) is 36.3 Å². The van der Waals surface area contributed by atoms with Gasteiger partial charge in [-0.3, -0.25) is 9.59 Å². The van der Waals surface area contributed by atoms with E-state index in [0.29, 0.717) is 11.2 Å². The van der Waals surface area contributed by atoms with E-state index < -0.39 is 17.2 Å². The fraction of sp³-hybridized carbons (Fsp3) is 0.0588. The van der Waals surface area contributed by atoms with E-state index in [4.69, 9.17) is 11.6 Å². The van der Waals surface area contributed by atoms with E-state index in [1.54, 1.807) is 42.5 Å². The van der Waals surface area contributed by atoms with Crippen LogP contribution in [0, 0.1) is 0 Å². The normalized spacial score (nSPS) is 10.2. The van der Waals surface area contributed by atoms with Crippen molar-refractivity contribution in [2.24, 2.45) is 7.05 Å². The monoisotopic (exact) mass is 336 g/mol. The number of fused-ring (bicyclic) bond motifs is 1. The van der Waals surface area contributed by atoms with Crippen LogP contribution < -0.4 is 29.7 Å². The molecular weight excluding hydrogens is 323 g/mol. The molecule has 2 aromatic carbocycles. The van der Waals surface area contributed by atoms with Crippen molar-refractivity contribution in [1.82, 2.24) is 4.57 Å². The van der Waals surface area contributed by atoms with Gasteiger partial charge in [-0.1, -0.05) is 35.9 Å². The minimum atomic E-state index is -0.684. The summed E-state index contributed by atoms with van der Waals surface area (Å²) in [7, 11) is 1.53. The van der Waals surface area contributed by atoms with Crippen molar-refractivity contribution >= 4 is 34.1 Å². The molecule has 3 aromatic rings. The molecule has 2 N–H and O–H groups in total. The number of rotatable bonds is 2. The van der Waals surface area contributed by atoms with Gasteiger partial charge in [0.2, 0.25) is 0 Å². The standard InChI is InChI=1S/C17H13ClN2O3.Li.H/c1-20-12-9-5-8-11(18)13(12)15(21)14(17(20)23)16(22)19-10-6-3-2-4-7-10;;/h2-9,21H,1H3,(H,19,22);;/q;+1;-1. The third-order valence-corrected chi connectivity index (χ3v) is 3.92. The molecule has 5 nitrogen and oxygen atoms in total. The van der Waals surface area contributed by atoms with E-state index >= 15 is 0 Å². The topological polar surface area (TPSA) is 71.3 Å². The van der Waals surface area contributed by atoms with Gasteiger partial charge in [-0.25, -0.2) is 0 Å². The second-order valence-corrected chi connectivity index (χ2v) is 5.45. The van der Waals surface area contributed by atoms with Crippen LogP contribution in [0.5, 0.6) is 5.75 Å². The third-order valence-electron chi connectivity index (χ3n) is 3.60. The number of benzene rings is 2. The predicted molar refractivity (Wildman–Crippen MR) is 91.4 cm³/mol. The molecule has 118 valence electrons. The number of aryl methyl sites for hydroxylation is 1. The molecule has 7 heteroatoms. The number of aromatic nitrogens is 1. The summed E-state index contributed by atoms with van der Waals surface area (Å²) in [5.74, 6) is -1.10. The van der Waals surface area contributed by atoms with Crippen LogP contribution in [0.3, 0.4) is 0 Å². The maximum absolute atomic E-state index is 12.4. The Hall–Kier alpha value is -2.19. The molecule has 0 saturated carbocycles. The van der Waals surface area contributed by atoms with Gasteiger partial charge >= 0.3 is 18.9 Å². The smallest absolute Gasteiger partial charge is 1.00 e. The van der Waals surface area contributed by atoms with Crippen molar-refractivity contribution in [3.8, 4) is 5.75 Å². The predicted octanol–water partition coefficient (Wildman–Crippen LogP) is 0.266. The average molecular weight is 337 g/mol. The maximum Gasteiger partial charge on any atom is 1.00 e. The summed E-state index contributed by atoms with van der Waals surface area (Å²) in [5, 5.41) is 13.6. The van der Waals surface area contributed by atoms with Crippen LogP contribution in [0.25, 0.3) is 10.9 Å². The fourth-order valence-electron chi connectivity index (χ4n) is 2.45. The molecule has 0 saturated heterocycles. The van der Waals surface area contributed by atoms with Crippen LogP contribution in [-0.4, -0.2) is 15.6 Å². The zero-order chi connectivity index (χ0) is 16.6. The summed E-state index contributed by atoms with van der Waals surface area (Å²) >= 11 is 6.12. The second kappa shape index (κ2) is 7.14. The molecule has 0 fully saturated rings. The first-order valence-corrected chi connectivity index (χ1v) is 7.25. The Balaban J connectivity index is 0.00000156. The van der Waals surface area contributed by atoms with Gasteiger partial charge in [-0.2, -0.15) is 0 Å². The molecule has 1 aromatic heterocycles. The van der Waals surface area contributed by atoms with Gasteiger partial charge in [0.05, 0.1) is 15.9 Å². The van der Waals surface area contributed by atoms with E-state index in [9.17, 15) is 14.7 Å². The number of nitrogens with zero attached hydrogens (tertiary/aromatic N) is 1. The number of aromatic hydroxyl groups is 1. The zero-order valence-corrected chi connectivity index (χ0v) is 14.0. The Bertz CT molecular complexity index is 977. The van der Waals surface area contributed by atoms with E-state index in [0.717, 1.165) is 0 Å². The number of hydrogen-bond donors (Lipinski definition) is 2. The summed E-state index contributed by atoms with van der Waals surface area (Å²) in [4.78, 5) is 24.9. The molecule has 3 rings (SSSR count). The van der Waals surface area contributed by atoms with E-state index in [1.807, 2.05) is 6.07 Å². The van der Waals surface area contributed by atoms with Gasteiger partial charge in [-0.05, 0) is 24.3 Å². The molecule has 0 spiro atoms. The van der Waals surface area contributed by atoms with Crippen LogP contribution >= 0.6 is 11.6 Å². The summed E-state index contributed by atoms with van der Waals surface area (Å²) in [6.07, 6.45) is 0. The number of para-hydroxylation sites is 1. The number of pyridine rings is 1. The molecule has 1 amide bonds. The quantitative estimate of drug-likeness (QED) is 0.660. The van der Waals surface area contributed by atoms with Crippen LogP contribution in [-0.2, 0) is 7.05 Å². The minimum absolute atomic E-state index is 0. The summed E-state index contributed by atoms with van der Waals surface area (Å²) in [6, 6.07) is 13.6. The fourth-order valence-corrected chi connectivity index (χ4v) is 2.71. The Morgan fingerprint density at radius 2 is 1.83 bits per heavy atom. The molecule has 0 bridgehead atoms. The largest absolute Gasteiger partial charge is 1.00 e. The summed E-state index contributed by atoms with van der Waals surface area (Å²) in [5.41, 5.74) is 0.0529. The van der Waals surface area contributed by atoms with Crippen LogP contribution in [0.1, 0.15) is 11.8 Å². The van der Waals surface area contributed by atoms with Crippen molar-refractivity contribution in [2.75, 3.05) is 5.32 Å². The molecule has 0 unspecified atom stereocenters. The SMILES string of the molecule is Cn1c(=O)c(C(=O)Nc2ccccc2)c(O)c2c(Cl)cccc21.[H-].[Li+]. The van der Waals surface area contributed by atoms with Gasteiger partial charge in [-0.15, -0.1) is 0 Å². The molecule has 0 aliphatic carbocycles. The van der Waals surface area contributed by atoms with Crippen LogP contribution in [0.4, 0.5) is 5.69 Å². The number of hydrogen-bond acceptors (Lipinski definition) is 3. The number of amides is 1. The van der Waals surface area contributed by atoms with Gasteiger partial charge < -0.3 is 16.4 Å². The third kappa shape index (κ3) is 3.07. The Morgan fingerprint density at radius 1 is 1.17 bits per heavy atom. The maximum atomic E-state index is 12.4. The molecule has 0 radical (unpaired) electrons. The second-order valence-electron chi connectivity index (χ2n) is 5.04. The van der Waals surface area contributed by atoms with Crippen molar-refractivity contribution in [1.29, 1.82) is 0 Å². The molecule has 0 aliphatic rings. The van der Waals surface area contributed by atoms with Crippen molar-refractivity contribution < 1.29 is 30.2 Å². The molecule has 0 aliphatic heterocycles. The molecule has 0 atom stereocenters. The molecular formula is C17H14ClLiN2O3. The zero-order valence-electron chi connectivity index (χ0n) is 14.2. The number of halogens is 1. The first kappa shape index (κ1) is 18.2. The Kier molecular flexibility index (Phi) is 5.40. The number of anilines is 1. The number of nitrogens with one attached hydrogen (secondary N) is 1. The summed E-state index contributed by atoms with van der Waals surface area (Å²) < 4.78 is 1.29. The average Bonchev–Trinajstić information content (AvgIpc) is 2.53. The van der Waals surface area contributed by atoms with E-state index in [1.165, 1.54) is 11.6 Å². The number of carbonyl (C=O) groups excluding carboxylic acids is 1.